The lowest BCUT2D eigenvalue weighted by molar-refractivity contribution is 0.452. The number of hydrogen-bond donors (Lipinski definition) is 3. The van der Waals surface area contributed by atoms with Crippen LogP contribution in [0.2, 0.25) is 0 Å². The summed E-state index contributed by atoms with van der Waals surface area (Å²) < 4.78 is 2.03. The van der Waals surface area contributed by atoms with E-state index in [1.165, 1.54) is 12.1 Å². The predicted molar refractivity (Wildman–Crippen MR) is 119 cm³/mol. The first kappa shape index (κ1) is 20.4. The number of imidazole rings is 1. The quantitative estimate of drug-likeness (QED) is 0.238. The summed E-state index contributed by atoms with van der Waals surface area (Å²) in [5.74, 6) is 1.34. The van der Waals surface area contributed by atoms with E-state index in [0.29, 0.717) is 29.0 Å². The fourth-order valence-electron chi connectivity index (χ4n) is 3.79. The average Bonchev–Trinajstić information content (AvgIpc) is 3.12. The first-order chi connectivity index (χ1) is 15.0. The van der Waals surface area contributed by atoms with Crippen LogP contribution in [0.5, 0.6) is 11.5 Å². The van der Waals surface area contributed by atoms with Gasteiger partial charge in [-0.25, -0.2) is 19.8 Å². The van der Waals surface area contributed by atoms with Crippen LogP contribution in [0.25, 0.3) is 21.9 Å². The molecule has 0 radical (unpaired) electrons. The molecular formula is C23H23N5O3. The van der Waals surface area contributed by atoms with Gasteiger partial charge in [0.1, 0.15) is 22.8 Å². The molecule has 4 aromatic rings. The second-order valence-corrected chi connectivity index (χ2v) is 7.48. The third kappa shape index (κ3) is 3.93. The lowest BCUT2D eigenvalue weighted by Crippen LogP contribution is -2.06. The number of anilines is 1. The summed E-state index contributed by atoms with van der Waals surface area (Å²) in [6.45, 7) is 2.66. The van der Waals surface area contributed by atoms with E-state index in [2.05, 4.69) is 16.9 Å². The summed E-state index contributed by atoms with van der Waals surface area (Å²) in [7, 11) is 0. The van der Waals surface area contributed by atoms with Crippen molar-refractivity contribution < 1.29 is 15.0 Å². The molecule has 0 saturated carbocycles. The van der Waals surface area contributed by atoms with Gasteiger partial charge in [-0.15, -0.1) is 0 Å². The predicted octanol–water partition coefficient (Wildman–Crippen LogP) is 3.80. The van der Waals surface area contributed by atoms with E-state index in [4.69, 9.17) is 10.7 Å². The van der Waals surface area contributed by atoms with E-state index >= 15 is 0 Å². The maximum atomic E-state index is 10.5. The number of unbranched alkanes of at least 4 members (excludes halogenated alkanes) is 1. The Bertz CT molecular complexity index is 1320. The van der Waals surface area contributed by atoms with E-state index in [9.17, 15) is 15.0 Å². The van der Waals surface area contributed by atoms with Gasteiger partial charge in [-0.2, -0.15) is 0 Å². The van der Waals surface area contributed by atoms with Crippen molar-refractivity contribution >= 4 is 33.8 Å². The van der Waals surface area contributed by atoms with Crippen LogP contribution in [-0.4, -0.2) is 30.8 Å². The summed E-state index contributed by atoms with van der Waals surface area (Å²) >= 11 is 0. The van der Waals surface area contributed by atoms with Gasteiger partial charge in [-0.3, -0.25) is 0 Å². The Balaban J connectivity index is 1.95. The number of phenols is 2. The minimum atomic E-state index is 0.0822. The van der Waals surface area contributed by atoms with Crippen molar-refractivity contribution in [2.75, 3.05) is 5.73 Å². The normalized spacial score (nSPS) is 11.1. The number of isocyanates is 1. The molecule has 0 saturated heterocycles. The molecule has 2 heterocycles. The molecule has 0 unspecified atom stereocenters. The Morgan fingerprint density at radius 3 is 2.77 bits per heavy atom. The monoisotopic (exact) mass is 417 g/mol. The molecule has 8 nitrogen and oxygen atoms in total. The number of aromatic nitrogens is 3. The van der Waals surface area contributed by atoms with E-state index in [-0.39, 0.29) is 18.0 Å². The van der Waals surface area contributed by atoms with Crippen molar-refractivity contribution in [2.24, 2.45) is 4.99 Å². The number of aromatic hydroxyl groups is 2. The van der Waals surface area contributed by atoms with Crippen molar-refractivity contribution in [2.45, 2.75) is 39.3 Å². The molecule has 0 fully saturated rings. The Kier molecular flexibility index (Phi) is 5.56. The number of nitrogens with zero attached hydrogens (tertiary/aromatic N) is 4. The molecule has 4 rings (SSSR count). The number of fused-ring (bicyclic) bond motifs is 3. The smallest absolute Gasteiger partial charge is 0.235 e. The molecule has 31 heavy (non-hydrogen) atoms. The topological polar surface area (TPSA) is 127 Å². The maximum absolute atomic E-state index is 10.5. The third-order valence-corrected chi connectivity index (χ3v) is 5.32. The maximum Gasteiger partial charge on any atom is 0.235 e. The third-order valence-electron chi connectivity index (χ3n) is 5.32. The number of carbonyl (C=O) groups excluding carboxylic acids is 1. The Morgan fingerprint density at radius 2 is 2.00 bits per heavy atom. The number of rotatable bonds is 7. The lowest BCUT2D eigenvalue weighted by atomic mass is 10.1. The van der Waals surface area contributed by atoms with Gasteiger partial charge in [0, 0.05) is 17.4 Å². The second kappa shape index (κ2) is 8.45. The number of aryl methyl sites for hydroxylation is 1. The summed E-state index contributed by atoms with van der Waals surface area (Å²) in [6, 6.07) is 10.1. The number of nitrogen functional groups attached to an aromatic ring is 1. The fraction of sp³-hybridized carbons (Fsp3) is 0.261. The molecule has 0 spiro atoms. The summed E-state index contributed by atoms with van der Waals surface area (Å²) in [4.78, 5) is 23.4. The SMILES string of the molecule is CCCCc1nc2c(N)nc3cc(CN=C=O)ccc3c2n1Cc1cc(O)ccc1O. The van der Waals surface area contributed by atoms with Crippen molar-refractivity contribution in [3.63, 3.8) is 0 Å². The van der Waals surface area contributed by atoms with Crippen LogP contribution in [0, 0.1) is 0 Å². The fourth-order valence-corrected chi connectivity index (χ4v) is 3.79. The lowest BCUT2D eigenvalue weighted by Gasteiger charge is -2.13. The van der Waals surface area contributed by atoms with Gasteiger partial charge < -0.3 is 20.5 Å². The van der Waals surface area contributed by atoms with Gasteiger partial charge >= 0.3 is 0 Å². The highest BCUT2D eigenvalue weighted by Crippen LogP contribution is 2.32. The molecule has 0 amide bonds. The number of nitrogens with two attached hydrogens (primary N) is 1. The van der Waals surface area contributed by atoms with Gasteiger partial charge in [0.2, 0.25) is 6.08 Å². The molecule has 8 heteroatoms. The van der Waals surface area contributed by atoms with Crippen LogP contribution in [0.3, 0.4) is 0 Å². The van der Waals surface area contributed by atoms with Crippen LogP contribution >= 0.6 is 0 Å². The van der Waals surface area contributed by atoms with Crippen molar-refractivity contribution in [3.8, 4) is 11.5 Å². The number of pyridine rings is 1. The standard InChI is InChI=1S/C23H23N5O3/c1-2-3-4-20-27-21-22(28(20)12-15-10-16(30)6-8-19(15)31)17-7-5-14(11-25-13-29)9-18(17)26-23(21)24/h5-10,30-31H,2-4,11-12H2,1H3,(H2,24,26). The van der Waals surface area contributed by atoms with E-state index in [1.807, 2.05) is 22.8 Å². The van der Waals surface area contributed by atoms with Crippen molar-refractivity contribution in [1.29, 1.82) is 0 Å². The molecule has 0 aliphatic heterocycles. The average molecular weight is 417 g/mol. The minimum absolute atomic E-state index is 0.0822. The Morgan fingerprint density at radius 1 is 1.16 bits per heavy atom. The van der Waals surface area contributed by atoms with Crippen LogP contribution in [-0.2, 0) is 24.3 Å². The number of phenolic OH excluding ortho intramolecular Hbond substituents is 2. The summed E-state index contributed by atoms with van der Waals surface area (Å²) in [5.41, 5.74) is 9.78. The molecular weight excluding hydrogens is 394 g/mol. The highest BCUT2D eigenvalue weighted by atomic mass is 16.3. The van der Waals surface area contributed by atoms with Crippen molar-refractivity contribution in [1.82, 2.24) is 14.5 Å². The molecule has 158 valence electrons. The van der Waals surface area contributed by atoms with Gasteiger partial charge in [-0.05, 0) is 36.2 Å². The van der Waals surface area contributed by atoms with Gasteiger partial charge in [-0.1, -0.05) is 25.5 Å². The molecule has 2 aromatic carbocycles. The van der Waals surface area contributed by atoms with Crippen LogP contribution in [0.4, 0.5) is 5.82 Å². The molecule has 4 N–H and O–H groups in total. The van der Waals surface area contributed by atoms with Gasteiger partial charge in [0.15, 0.2) is 5.82 Å². The van der Waals surface area contributed by atoms with Gasteiger partial charge in [0.05, 0.1) is 24.1 Å². The summed E-state index contributed by atoms with van der Waals surface area (Å²) in [6.07, 6.45) is 4.26. The molecule has 0 atom stereocenters. The van der Waals surface area contributed by atoms with Crippen LogP contribution in [0.1, 0.15) is 36.7 Å². The second-order valence-electron chi connectivity index (χ2n) is 7.48. The first-order valence-electron chi connectivity index (χ1n) is 10.1. The number of benzene rings is 2. The number of aliphatic imine (C=N–C) groups is 1. The Labute approximate surface area is 178 Å². The zero-order valence-corrected chi connectivity index (χ0v) is 17.2. The zero-order chi connectivity index (χ0) is 22.0. The highest BCUT2D eigenvalue weighted by molar-refractivity contribution is 6.06. The van der Waals surface area contributed by atoms with Gasteiger partial charge in [0.25, 0.3) is 0 Å². The van der Waals surface area contributed by atoms with Crippen molar-refractivity contribution in [3.05, 3.63) is 53.3 Å². The van der Waals surface area contributed by atoms with E-state index < -0.39 is 0 Å². The largest absolute Gasteiger partial charge is 0.508 e. The number of hydrogen-bond acceptors (Lipinski definition) is 7. The molecule has 0 aliphatic carbocycles. The summed E-state index contributed by atoms with van der Waals surface area (Å²) in [5, 5.41) is 21.1. The van der Waals surface area contributed by atoms with Crippen LogP contribution in [0.15, 0.2) is 41.4 Å². The highest BCUT2D eigenvalue weighted by Gasteiger charge is 2.19. The minimum Gasteiger partial charge on any atom is -0.508 e. The zero-order valence-electron chi connectivity index (χ0n) is 17.2. The first-order valence-corrected chi connectivity index (χ1v) is 10.1. The van der Waals surface area contributed by atoms with E-state index in [1.54, 1.807) is 12.1 Å². The van der Waals surface area contributed by atoms with E-state index in [0.717, 1.165) is 41.6 Å². The van der Waals surface area contributed by atoms with Crippen LogP contribution < -0.4 is 5.73 Å². The molecule has 2 aromatic heterocycles. The molecule has 0 bridgehead atoms. The molecule has 0 aliphatic rings. The Hall–Kier alpha value is -3.90.